The van der Waals surface area contributed by atoms with E-state index in [0.29, 0.717) is 5.82 Å². The first-order valence-electron chi connectivity index (χ1n) is 4.38. The van der Waals surface area contributed by atoms with Crippen molar-refractivity contribution < 1.29 is 8.78 Å². The second-order valence-corrected chi connectivity index (χ2v) is 3.12. The van der Waals surface area contributed by atoms with Crippen molar-refractivity contribution in [3.05, 3.63) is 53.6 Å². The highest BCUT2D eigenvalue weighted by atomic mass is 19.1. The minimum absolute atomic E-state index is 0.214. The fourth-order valence-electron chi connectivity index (χ4n) is 1.35. The van der Waals surface area contributed by atoms with Gasteiger partial charge in [0, 0.05) is 24.0 Å². The van der Waals surface area contributed by atoms with Crippen LogP contribution in [0.4, 0.5) is 8.78 Å². The Hall–Kier alpha value is -1.75. The highest BCUT2D eigenvalue weighted by Crippen LogP contribution is 2.19. The summed E-state index contributed by atoms with van der Waals surface area (Å²) in [7, 11) is 0. The number of H-pyrrole nitrogens is 1. The average Bonchev–Trinajstić information content (AvgIpc) is 2.69. The number of halogens is 2. The van der Waals surface area contributed by atoms with Gasteiger partial charge in [0.15, 0.2) is 0 Å². The number of nitrogens with zero attached hydrogens (tertiary/aromatic N) is 1. The number of benzene rings is 1. The number of hydrogen-bond donors (Lipinski definition) is 2. The number of hydrogen-bond acceptors (Lipinski definition) is 2. The zero-order valence-corrected chi connectivity index (χ0v) is 7.74. The van der Waals surface area contributed by atoms with Crippen LogP contribution in [0, 0.1) is 11.6 Å². The Morgan fingerprint density at radius 2 is 2.13 bits per heavy atom. The first-order valence-corrected chi connectivity index (χ1v) is 4.38. The number of aromatic nitrogens is 2. The molecule has 15 heavy (non-hydrogen) atoms. The zero-order valence-electron chi connectivity index (χ0n) is 7.74. The molecule has 0 aliphatic rings. The predicted molar refractivity (Wildman–Crippen MR) is 51.0 cm³/mol. The van der Waals surface area contributed by atoms with Crippen molar-refractivity contribution in [1.29, 1.82) is 0 Å². The number of aromatic amines is 1. The molecule has 0 aliphatic heterocycles. The summed E-state index contributed by atoms with van der Waals surface area (Å²) in [6.07, 6.45) is 3.12. The molecule has 1 unspecified atom stereocenters. The lowest BCUT2D eigenvalue weighted by molar-refractivity contribution is 0.563. The molecule has 1 aromatic carbocycles. The molecule has 0 radical (unpaired) electrons. The van der Waals surface area contributed by atoms with E-state index in [1.165, 1.54) is 18.3 Å². The van der Waals surface area contributed by atoms with Gasteiger partial charge in [-0.25, -0.2) is 13.8 Å². The molecule has 0 aliphatic carbocycles. The van der Waals surface area contributed by atoms with Crippen molar-refractivity contribution >= 4 is 0 Å². The van der Waals surface area contributed by atoms with Gasteiger partial charge >= 0.3 is 0 Å². The van der Waals surface area contributed by atoms with Gasteiger partial charge in [0.05, 0.1) is 6.04 Å². The second kappa shape index (κ2) is 3.78. The fourth-order valence-corrected chi connectivity index (χ4v) is 1.35. The van der Waals surface area contributed by atoms with Crippen LogP contribution in [0.25, 0.3) is 0 Å². The van der Waals surface area contributed by atoms with Crippen molar-refractivity contribution in [2.45, 2.75) is 6.04 Å². The molecule has 78 valence electrons. The Labute approximate surface area is 85.0 Å². The minimum Gasteiger partial charge on any atom is -0.347 e. The van der Waals surface area contributed by atoms with Gasteiger partial charge in [-0.15, -0.1) is 0 Å². The van der Waals surface area contributed by atoms with Crippen molar-refractivity contribution in [2.24, 2.45) is 5.73 Å². The lowest BCUT2D eigenvalue weighted by Crippen LogP contribution is -2.15. The predicted octanol–water partition coefficient (Wildman–Crippen LogP) is 1.74. The molecule has 3 N–H and O–H groups in total. The maximum Gasteiger partial charge on any atom is 0.131 e. The van der Waals surface area contributed by atoms with Crippen LogP contribution in [0.2, 0.25) is 0 Å². The fraction of sp³-hybridized carbons (Fsp3) is 0.100. The van der Waals surface area contributed by atoms with E-state index >= 15 is 0 Å². The lowest BCUT2D eigenvalue weighted by atomic mass is 10.1. The van der Waals surface area contributed by atoms with Gasteiger partial charge in [0.25, 0.3) is 0 Å². The Kier molecular flexibility index (Phi) is 2.47. The molecule has 0 fully saturated rings. The Morgan fingerprint density at radius 1 is 1.33 bits per heavy atom. The van der Waals surface area contributed by atoms with Gasteiger partial charge in [-0.05, 0) is 6.07 Å². The first-order chi connectivity index (χ1) is 7.18. The molecular weight excluding hydrogens is 200 g/mol. The molecule has 0 amide bonds. The van der Waals surface area contributed by atoms with E-state index < -0.39 is 17.7 Å². The average molecular weight is 209 g/mol. The Bertz CT molecular complexity index is 454. The highest BCUT2D eigenvalue weighted by Gasteiger charge is 2.15. The standard InChI is InChI=1S/C10H9F2N3/c11-6-1-2-7(8(12)5-6)9(13)10-14-3-4-15-10/h1-5,9H,13H2,(H,14,15). The summed E-state index contributed by atoms with van der Waals surface area (Å²) in [5, 5.41) is 0. The molecular formula is C10H9F2N3. The van der Waals surface area contributed by atoms with E-state index in [4.69, 9.17) is 5.73 Å². The molecule has 1 heterocycles. The van der Waals surface area contributed by atoms with E-state index in [1.807, 2.05) is 0 Å². The third-order valence-electron chi connectivity index (χ3n) is 2.11. The van der Waals surface area contributed by atoms with E-state index in [9.17, 15) is 8.78 Å². The van der Waals surface area contributed by atoms with Gasteiger partial charge in [0.2, 0.25) is 0 Å². The van der Waals surface area contributed by atoms with Crippen LogP contribution >= 0.6 is 0 Å². The second-order valence-electron chi connectivity index (χ2n) is 3.12. The normalized spacial score (nSPS) is 12.7. The molecule has 1 aromatic heterocycles. The van der Waals surface area contributed by atoms with Crippen molar-refractivity contribution in [2.75, 3.05) is 0 Å². The summed E-state index contributed by atoms with van der Waals surface area (Å²) >= 11 is 0. The summed E-state index contributed by atoms with van der Waals surface area (Å²) in [6.45, 7) is 0. The molecule has 0 saturated heterocycles. The first kappa shape index (κ1) is 9.79. The summed E-state index contributed by atoms with van der Waals surface area (Å²) < 4.78 is 26.0. The maximum absolute atomic E-state index is 13.3. The molecule has 1 atom stereocenters. The topological polar surface area (TPSA) is 54.7 Å². The van der Waals surface area contributed by atoms with E-state index in [-0.39, 0.29) is 5.56 Å². The summed E-state index contributed by atoms with van der Waals surface area (Å²) in [5.41, 5.74) is 5.97. The molecule has 0 bridgehead atoms. The van der Waals surface area contributed by atoms with Crippen LogP contribution in [-0.2, 0) is 0 Å². The zero-order chi connectivity index (χ0) is 10.8. The van der Waals surface area contributed by atoms with Crippen LogP contribution in [0.3, 0.4) is 0 Å². The van der Waals surface area contributed by atoms with E-state index in [1.54, 1.807) is 6.20 Å². The Morgan fingerprint density at radius 3 is 2.73 bits per heavy atom. The van der Waals surface area contributed by atoms with Crippen molar-refractivity contribution in [1.82, 2.24) is 9.97 Å². The Balaban J connectivity index is 2.38. The minimum atomic E-state index is -0.708. The van der Waals surface area contributed by atoms with Gasteiger partial charge < -0.3 is 10.7 Å². The van der Waals surface area contributed by atoms with Gasteiger partial charge in [-0.2, -0.15) is 0 Å². The van der Waals surface area contributed by atoms with E-state index in [0.717, 1.165) is 6.07 Å². The third-order valence-corrected chi connectivity index (χ3v) is 2.11. The SMILES string of the molecule is NC(c1ncc[nH]1)c1ccc(F)cc1F. The summed E-state index contributed by atoms with van der Waals surface area (Å²) in [5.74, 6) is -0.845. The highest BCUT2D eigenvalue weighted by molar-refractivity contribution is 5.26. The van der Waals surface area contributed by atoms with Crippen molar-refractivity contribution in [3.63, 3.8) is 0 Å². The third kappa shape index (κ3) is 1.87. The van der Waals surface area contributed by atoms with E-state index in [2.05, 4.69) is 9.97 Å². The molecule has 3 nitrogen and oxygen atoms in total. The molecule has 2 aromatic rings. The van der Waals surface area contributed by atoms with Gasteiger partial charge in [-0.1, -0.05) is 6.07 Å². The molecule has 0 saturated carbocycles. The molecule has 5 heteroatoms. The largest absolute Gasteiger partial charge is 0.347 e. The lowest BCUT2D eigenvalue weighted by Gasteiger charge is -2.09. The quantitative estimate of drug-likeness (QED) is 0.791. The van der Waals surface area contributed by atoms with Crippen LogP contribution in [0.15, 0.2) is 30.6 Å². The summed E-state index contributed by atoms with van der Waals surface area (Å²) in [6, 6.07) is 2.58. The van der Waals surface area contributed by atoms with Gasteiger partial charge in [-0.3, -0.25) is 0 Å². The van der Waals surface area contributed by atoms with Crippen molar-refractivity contribution in [3.8, 4) is 0 Å². The van der Waals surface area contributed by atoms with Crippen LogP contribution in [0.1, 0.15) is 17.4 Å². The van der Waals surface area contributed by atoms with Gasteiger partial charge in [0.1, 0.15) is 17.5 Å². The molecule has 2 rings (SSSR count). The monoisotopic (exact) mass is 209 g/mol. The number of rotatable bonds is 2. The van der Waals surface area contributed by atoms with Crippen LogP contribution < -0.4 is 5.73 Å². The molecule has 0 spiro atoms. The van der Waals surface area contributed by atoms with Crippen LogP contribution in [0.5, 0.6) is 0 Å². The number of imidazole rings is 1. The smallest absolute Gasteiger partial charge is 0.131 e. The van der Waals surface area contributed by atoms with Crippen LogP contribution in [-0.4, -0.2) is 9.97 Å². The summed E-state index contributed by atoms with van der Waals surface area (Å²) in [4.78, 5) is 6.70. The maximum atomic E-state index is 13.3. The number of nitrogens with one attached hydrogen (secondary N) is 1. The number of nitrogens with two attached hydrogens (primary N) is 1.